The number of hydrogen-bond acceptors (Lipinski definition) is 7. The van der Waals surface area contributed by atoms with Gasteiger partial charge in [0.25, 0.3) is 0 Å². The molecule has 4 N–H and O–H groups in total. The van der Waals surface area contributed by atoms with Crippen LogP contribution >= 0.6 is 11.8 Å². The number of nitrogens with one attached hydrogen (secondary N) is 1. The maximum atomic E-state index is 13.6. The molecule has 39 heavy (non-hydrogen) atoms. The first-order valence-corrected chi connectivity index (χ1v) is 16.0. The molecule has 3 rings (SSSR count). The highest BCUT2D eigenvalue weighted by Gasteiger charge is 2.68. The molecule has 224 valence electrons. The minimum Gasteiger partial charge on any atom is -0.461 e. The van der Waals surface area contributed by atoms with Crippen LogP contribution in [0.2, 0.25) is 0 Å². The van der Waals surface area contributed by atoms with Crippen LogP contribution in [0.15, 0.2) is 0 Å². The van der Waals surface area contributed by atoms with Gasteiger partial charge in [-0.1, -0.05) is 48.5 Å². The van der Waals surface area contributed by atoms with Gasteiger partial charge in [0.2, 0.25) is 5.91 Å². The third-order valence-electron chi connectivity index (χ3n) is 11.3. The summed E-state index contributed by atoms with van der Waals surface area (Å²) in [6.07, 6.45) is 3.56. The summed E-state index contributed by atoms with van der Waals surface area (Å²) in [6, 6.07) is -0.565. The Balaban J connectivity index is 1.81. The normalized spacial score (nSPS) is 39.5. The van der Waals surface area contributed by atoms with Crippen LogP contribution in [-0.4, -0.2) is 58.1 Å². The van der Waals surface area contributed by atoms with Crippen LogP contribution in [0.1, 0.15) is 101 Å². The number of carbonyl (C=O) groups is 3. The first-order chi connectivity index (χ1) is 17.9. The first kappa shape index (κ1) is 32.4. The highest BCUT2D eigenvalue weighted by Crippen LogP contribution is 2.68. The Morgan fingerprint density at radius 3 is 2.46 bits per heavy atom. The summed E-state index contributed by atoms with van der Waals surface area (Å²) in [7, 11) is 0. The number of esters is 1. The van der Waals surface area contributed by atoms with E-state index in [0.717, 1.165) is 25.7 Å². The number of carbonyl (C=O) groups excluding carboxylic acids is 3. The number of ketones is 1. The Morgan fingerprint density at radius 2 is 1.87 bits per heavy atom. The van der Waals surface area contributed by atoms with Crippen LogP contribution in [0.25, 0.3) is 0 Å². The van der Waals surface area contributed by atoms with E-state index in [1.807, 2.05) is 27.7 Å². The minimum absolute atomic E-state index is 0.0118. The van der Waals surface area contributed by atoms with E-state index in [2.05, 4.69) is 39.9 Å². The zero-order valence-corrected chi connectivity index (χ0v) is 26.6. The predicted octanol–water partition coefficient (Wildman–Crippen LogP) is 4.73. The maximum absolute atomic E-state index is 13.6. The lowest BCUT2D eigenvalue weighted by molar-refractivity contribution is -0.211. The molecule has 0 heterocycles. The Bertz CT molecular complexity index is 940. The quantitative estimate of drug-likeness (QED) is 0.345. The Morgan fingerprint density at radius 1 is 1.23 bits per heavy atom. The molecule has 1 amide bonds. The highest BCUT2D eigenvalue weighted by atomic mass is 32.2. The van der Waals surface area contributed by atoms with Crippen molar-refractivity contribution >= 4 is 29.4 Å². The number of hydrogen-bond donors (Lipinski definition) is 3. The summed E-state index contributed by atoms with van der Waals surface area (Å²) < 4.78 is 5.99. The van der Waals surface area contributed by atoms with E-state index in [9.17, 15) is 19.5 Å². The van der Waals surface area contributed by atoms with Crippen LogP contribution in [0, 0.1) is 39.9 Å². The smallest absolute Gasteiger partial charge is 0.316 e. The minimum atomic E-state index is -0.566. The van der Waals surface area contributed by atoms with E-state index in [1.54, 1.807) is 0 Å². The number of Topliss-reactive ketones (excluding diaryl/α,β-unsaturated/α-hetero) is 1. The molecule has 3 aliphatic rings. The second kappa shape index (κ2) is 11.6. The van der Waals surface area contributed by atoms with Crippen LogP contribution in [0.3, 0.4) is 0 Å². The van der Waals surface area contributed by atoms with Crippen molar-refractivity contribution in [2.45, 2.75) is 124 Å². The average Bonchev–Trinajstić information content (AvgIpc) is 3.24. The van der Waals surface area contributed by atoms with Gasteiger partial charge in [0, 0.05) is 29.0 Å². The summed E-state index contributed by atoms with van der Waals surface area (Å²) in [5, 5.41) is 14.7. The summed E-state index contributed by atoms with van der Waals surface area (Å²) in [6.45, 7) is 19.0. The number of rotatable bonds is 9. The molecule has 0 aromatic heterocycles. The van der Waals surface area contributed by atoms with Gasteiger partial charge in [-0.15, -0.1) is 11.8 Å². The first-order valence-electron chi connectivity index (χ1n) is 15.0. The van der Waals surface area contributed by atoms with Crippen molar-refractivity contribution in [1.29, 1.82) is 0 Å². The fraction of sp³-hybridized carbons (Fsp3) is 0.903. The monoisotopic (exact) mass is 566 g/mol. The van der Waals surface area contributed by atoms with Crippen LogP contribution in [-0.2, 0) is 19.1 Å². The van der Waals surface area contributed by atoms with Gasteiger partial charge in [0.15, 0.2) is 0 Å². The zero-order valence-electron chi connectivity index (χ0n) is 25.8. The molecule has 3 fully saturated rings. The number of amides is 1. The second-order valence-electron chi connectivity index (χ2n) is 14.4. The Kier molecular flexibility index (Phi) is 9.66. The predicted molar refractivity (Wildman–Crippen MR) is 157 cm³/mol. The van der Waals surface area contributed by atoms with Crippen molar-refractivity contribution in [3.05, 3.63) is 0 Å². The van der Waals surface area contributed by atoms with E-state index >= 15 is 0 Å². The standard InChI is InChI=1S/C31H54N2O5S/c1-10-29(8)15-22(38-23(35)16-39-28(6,7)17-33-27(37)24(32)18(2)3)30(9)19(4)11-13-31(20(5)26(29)36)14-12-21(34)25(30)31/h18-20,22,24-26,36H,10-17,32H2,1-9H3,(H,33,37)/t19?,20-,22+,24+,25-,26-,29+,30-,31-/m1/s1. The summed E-state index contributed by atoms with van der Waals surface area (Å²) in [5.74, 6) is -0.000426. The van der Waals surface area contributed by atoms with Gasteiger partial charge in [-0.25, -0.2) is 0 Å². The fourth-order valence-electron chi connectivity index (χ4n) is 7.93. The SMILES string of the molecule is CC[C@@]1(C)C[C@H](OC(=O)CSC(C)(C)CNC(=O)[C@@H](N)C(C)C)[C@@]2(C)C(C)CC[C@@]3(CCC(=O)[C@@H]32)[C@H](C)[C@H]1O. The number of thioether (sulfide) groups is 1. The lowest BCUT2D eigenvalue weighted by Crippen LogP contribution is -2.63. The average molecular weight is 567 g/mol. The molecule has 7 nitrogen and oxygen atoms in total. The van der Waals surface area contributed by atoms with E-state index in [0.29, 0.717) is 19.4 Å². The number of nitrogens with two attached hydrogens (primary N) is 1. The maximum Gasteiger partial charge on any atom is 0.316 e. The van der Waals surface area contributed by atoms with Gasteiger partial charge in [-0.3, -0.25) is 14.4 Å². The van der Waals surface area contributed by atoms with Crippen molar-refractivity contribution in [2.75, 3.05) is 12.3 Å². The zero-order chi connectivity index (χ0) is 29.6. The molecule has 3 saturated carbocycles. The molecule has 0 radical (unpaired) electrons. The van der Waals surface area contributed by atoms with E-state index in [1.165, 1.54) is 11.8 Å². The molecule has 0 spiro atoms. The van der Waals surface area contributed by atoms with Gasteiger partial charge in [0.1, 0.15) is 11.9 Å². The highest BCUT2D eigenvalue weighted by molar-refractivity contribution is 8.01. The third kappa shape index (κ3) is 5.94. The van der Waals surface area contributed by atoms with Gasteiger partial charge in [0.05, 0.1) is 17.9 Å². The molecule has 0 saturated heterocycles. The molecule has 2 bridgehead atoms. The van der Waals surface area contributed by atoms with E-state index in [4.69, 9.17) is 10.5 Å². The van der Waals surface area contributed by atoms with Crippen molar-refractivity contribution in [2.24, 2.45) is 45.7 Å². The summed E-state index contributed by atoms with van der Waals surface area (Å²) in [4.78, 5) is 39.3. The second-order valence-corrected chi connectivity index (χ2v) is 16.1. The molecule has 9 atom stereocenters. The van der Waals surface area contributed by atoms with Crippen LogP contribution < -0.4 is 11.1 Å². The molecule has 0 aromatic carbocycles. The molecule has 1 unspecified atom stereocenters. The summed E-state index contributed by atoms with van der Waals surface area (Å²) in [5.41, 5.74) is 4.82. The van der Waals surface area contributed by atoms with Gasteiger partial charge in [-0.2, -0.15) is 0 Å². The fourth-order valence-corrected chi connectivity index (χ4v) is 8.68. The van der Waals surface area contributed by atoms with Crippen molar-refractivity contribution in [1.82, 2.24) is 5.32 Å². The van der Waals surface area contributed by atoms with Gasteiger partial charge < -0.3 is 20.9 Å². The molecular weight excluding hydrogens is 512 g/mol. The molecule has 8 heteroatoms. The molecule has 3 aliphatic carbocycles. The van der Waals surface area contributed by atoms with Crippen molar-refractivity contribution < 1.29 is 24.2 Å². The van der Waals surface area contributed by atoms with Crippen LogP contribution in [0.4, 0.5) is 0 Å². The lowest BCUT2D eigenvalue weighted by Gasteiger charge is -2.62. The van der Waals surface area contributed by atoms with Gasteiger partial charge in [-0.05, 0) is 74.5 Å². The molecule has 0 aliphatic heterocycles. The van der Waals surface area contributed by atoms with Gasteiger partial charge >= 0.3 is 5.97 Å². The lowest BCUT2D eigenvalue weighted by atomic mass is 9.43. The topological polar surface area (TPSA) is 119 Å². The Labute approximate surface area is 240 Å². The number of aliphatic hydroxyl groups is 1. The van der Waals surface area contributed by atoms with Crippen molar-refractivity contribution in [3.63, 3.8) is 0 Å². The third-order valence-corrected chi connectivity index (χ3v) is 12.6. The van der Waals surface area contributed by atoms with E-state index < -0.39 is 33.8 Å². The van der Waals surface area contributed by atoms with Crippen LogP contribution in [0.5, 0.6) is 0 Å². The number of ether oxygens (including phenoxy) is 1. The Hall–Kier alpha value is -1.12. The van der Waals surface area contributed by atoms with Crippen molar-refractivity contribution in [3.8, 4) is 0 Å². The number of aliphatic hydroxyl groups excluding tert-OH is 1. The largest absolute Gasteiger partial charge is 0.461 e. The van der Waals surface area contributed by atoms with E-state index in [-0.39, 0.29) is 52.5 Å². The molecule has 0 aromatic rings. The molecular formula is C31H54N2O5S. The summed E-state index contributed by atoms with van der Waals surface area (Å²) >= 11 is 1.45.